The van der Waals surface area contributed by atoms with Crippen molar-refractivity contribution in [3.8, 4) is 17.2 Å². The van der Waals surface area contributed by atoms with Gasteiger partial charge in [-0.2, -0.15) is 4.98 Å². The SMILES string of the molecule is CCC(OC)c1noc(-c2ccncc2O)n1. The van der Waals surface area contributed by atoms with Crippen LogP contribution in [0.2, 0.25) is 0 Å². The first-order chi connectivity index (χ1) is 8.26. The zero-order valence-corrected chi connectivity index (χ0v) is 9.62. The molecule has 6 heteroatoms. The molecule has 0 amide bonds. The van der Waals surface area contributed by atoms with Crippen molar-refractivity contribution >= 4 is 0 Å². The Kier molecular flexibility index (Phi) is 3.34. The maximum atomic E-state index is 9.60. The van der Waals surface area contributed by atoms with Gasteiger partial charge in [-0.15, -0.1) is 0 Å². The molecule has 1 atom stereocenters. The summed E-state index contributed by atoms with van der Waals surface area (Å²) in [6, 6.07) is 1.61. The van der Waals surface area contributed by atoms with Crippen molar-refractivity contribution in [3.05, 3.63) is 24.3 Å². The number of aromatic nitrogens is 3. The molecule has 2 aromatic heterocycles. The van der Waals surface area contributed by atoms with E-state index < -0.39 is 0 Å². The topological polar surface area (TPSA) is 81.3 Å². The molecule has 0 bridgehead atoms. The van der Waals surface area contributed by atoms with E-state index in [1.165, 1.54) is 6.20 Å². The van der Waals surface area contributed by atoms with Crippen molar-refractivity contribution in [1.82, 2.24) is 15.1 Å². The molecular weight excluding hydrogens is 222 g/mol. The van der Waals surface area contributed by atoms with Crippen molar-refractivity contribution in [3.63, 3.8) is 0 Å². The van der Waals surface area contributed by atoms with E-state index in [9.17, 15) is 5.11 Å². The fourth-order valence-electron chi connectivity index (χ4n) is 1.50. The lowest BCUT2D eigenvalue weighted by molar-refractivity contribution is 0.0903. The first-order valence-corrected chi connectivity index (χ1v) is 5.26. The summed E-state index contributed by atoms with van der Waals surface area (Å²) in [7, 11) is 1.59. The molecule has 2 rings (SSSR count). The standard InChI is InChI=1S/C11H13N3O3/c1-3-9(16-2)10-13-11(17-14-10)7-4-5-12-6-8(7)15/h4-6,9,15H,3H2,1-2H3. The van der Waals surface area contributed by atoms with Gasteiger partial charge >= 0.3 is 0 Å². The van der Waals surface area contributed by atoms with Gasteiger partial charge in [0.05, 0.1) is 11.8 Å². The first kappa shape index (κ1) is 11.5. The van der Waals surface area contributed by atoms with Gasteiger partial charge in [-0.25, -0.2) is 0 Å². The van der Waals surface area contributed by atoms with Crippen molar-refractivity contribution < 1.29 is 14.4 Å². The average Bonchev–Trinajstić information content (AvgIpc) is 2.81. The van der Waals surface area contributed by atoms with Crippen LogP contribution in [0.15, 0.2) is 23.0 Å². The third kappa shape index (κ3) is 2.26. The van der Waals surface area contributed by atoms with Crippen molar-refractivity contribution in [2.45, 2.75) is 19.4 Å². The van der Waals surface area contributed by atoms with Crippen molar-refractivity contribution in [1.29, 1.82) is 0 Å². The molecule has 1 unspecified atom stereocenters. The number of rotatable bonds is 4. The van der Waals surface area contributed by atoms with Gasteiger partial charge in [-0.3, -0.25) is 4.98 Å². The fraction of sp³-hybridized carbons (Fsp3) is 0.364. The van der Waals surface area contributed by atoms with E-state index in [1.807, 2.05) is 6.92 Å². The number of aromatic hydroxyl groups is 1. The normalized spacial score (nSPS) is 12.6. The minimum absolute atomic E-state index is 0.00756. The van der Waals surface area contributed by atoms with Crippen molar-refractivity contribution in [2.75, 3.05) is 7.11 Å². The van der Waals surface area contributed by atoms with Crippen LogP contribution >= 0.6 is 0 Å². The van der Waals surface area contributed by atoms with Gasteiger partial charge in [0.25, 0.3) is 5.89 Å². The number of methoxy groups -OCH3 is 1. The minimum atomic E-state index is -0.198. The van der Waals surface area contributed by atoms with E-state index in [0.29, 0.717) is 11.4 Å². The highest BCUT2D eigenvalue weighted by Gasteiger charge is 2.18. The van der Waals surface area contributed by atoms with Crippen LogP contribution in [0.25, 0.3) is 11.5 Å². The first-order valence-electron chi connectivity index (χ1n) is 5.26. The highest BCUT2D eigenvalue weighted by molar-refractivity contribution is 5.60. The van der Waals surface area contributed by atoms with Crippen LogP contribution in [0.3, 0.4) is 0 Å². The predicted octanol–water partition coefficient (Wildman–Crippen LogP) is 1.93. The molecule has 0 fully saturated rings. The molecule has 0 aliphatic heterocycles. The Morgan fingerprint density at radius 2 is 2.35 bits per heavy atom. The Hall–Kier alpha value is -1.95. The predicted molar refractivity (Wildman–Crippen MR) is 59.2 cm³/mol. The number of hydrogen-bond donors (Lipinski definition) is 1. The Morgan fingerprint density at radius 3 is 3.00 bits per heavy atom. The highest BCUT2D eigenvalue weighted by atomic mass is 16.5. The summed E-state index contributed by atoms with van der Waals surface area (Å²) < 4.78 is 10.3. The van der Waals surface area contributed by atoms with Crippen LogP contribution in [0.4, 0.5) is 0 Å². The molecule has 0 aromatic carbocycles. The fourth-order valence-corrected chi connectivity index (χ4v) is 1.50. The third-order valence-electron chi connectivity index (χ3n) is 2.42. The average molecular weight is 235 g/mol. The van der Waals surface area contributed by atoms with Gasteiger partial charge in [0.2, 0.25) is 5.82 Å². The van der Waals surface area contributed by atoms with Crippen LogP contribution in [0.1, 0.15) is 25.3 Å². The van der Waals surface area contributed by atoms with Gasteiger partial charge in [0, 0.05) is 13.3 Å². The highest BCUT2D eigenvalue weighted by Crippen LogP contribution is 2.27. The number of ether oxygens (including phenoxy) is 1. The maximum Gasteiger partial charge on any atom is 0.261 e. The largest absolute Gasteiger partial charge is 0.505 e. The minimum Gasteiger partial charge on any atom is -0.505 e. The molecule has 2 aromatic rings. The summed E-state index contributed by atoms with van der Waals surface area (Å²) in [4.78, 5) is 7.97. The van der Waals surface area contributed by atoms with E-state index in [0.717, 1.165) is 6.42 Å². The van der Waals surface area contributed by atoms with Crippen LogP contribution in [0, 0.1) is 0 Å². The summed E-state index contributed by atoms with van der Waals surface area (Å²) >= 11 is 0. The molecule has 90 valence electrons. The zero-order valence-electron chi connectivity index (χ0n) is 9.62. The summed E-state index contributed by atoms with van der Waals surface area (Å²) in [6.07, 6.45) is 3.42. The molecule has 6 nitrogen and oxygen atoms in total. The Morgan fingerprint density at radius 1 is 1.53 bits per heavy atom. The van der Waals surface area contributed by atoms with Crippen LogP contribution < -0.4 is 0 Å². The lowest BCUT2D eigenvalue weighted by Crippen LogP contribution is -2.01. The second-order valence-corrected chi connectivity index (χ2v) is 3.48. The van der Waals surface area contributed by atoms with Crippen LogP contribution in [0.5, 0.6) is 5.75 Å². The second kappa shape index (κ2) is 4.92. The number of nitrogens with zero attached hydrogens (tertiary/aromatic N) is 3. The Labute approximate surface area is 98.3 Å². The zero-order chi connectivity index (χ0) is 12.3. The smallest absolute Gasteiger partial charge is 0.261 e. The van der Waals surface area contributed by atoms with E-state index in [2.05, 4.69) is 15.1 Å². The van der Waals surface area contributed by atoms with Crippen LogP contribution in [-0.4, -0.2) is 27.3 Å². The molecule has 2 heterocycles. The quantitative estimate of drug-likeness (QED) is 0.872. The Balaban J connectivity index is 2.33. The molecule has 0 saturated carbocycles. The van der Waals surface area contributed by atoms with Crippen molar-refractivity contribution in [2.24, 2.45) is 0 Å². The van der Waals surface area contributed by atoms with Gasteiger partial charge in [-0.1, -0.05) is 12.1 Å². The summed E-state index contributed by atoms with van der Waals surface area (Å²) in [5, 5.41) is 13.4. The van der Waals surface area contributed by atoms with Crippen LogP contribution in [-0.2, 0) is 4.74 Å². The summed E-state index contributed by atoms with van der Waals surface area (Å²) in [6.45, 7) is 1.97. The molecule has 1 N–H and O–H groups in total. The monoisotopic (exact) mass is 235 g/mol. The molecular formula is C11H13N3O3. The number of pyridine rings is 1. The summed E-state index contributed by atoms with van der Waals surface area (Å²) in [5.41, 5.74) is 0.463. The van der Waals surface area contributed by atoms with E-state index in [-0.39, 0.29) is 17.7 Å². The molecule has 0 saturated heterocycles. The third-order valence-corrected chi connectivity index (χ3v) is 2.42. The second-order valence-electron chi connectivity index (χ2n) is 3.48. The lowest BCUT2D eigenvalue weighted by atomic mass is 10.2. The lowest BCUT2D eigenvalue weighted by Gasteiger charge is -2.06. The molecule has 0 aliphatic rings. The maximum absolute atomic E-state index is 9.60. The molecule has 0 radical (unpaired) electrons. The van der Waals surface area contributed by atoms with Gasteiger partial charge < -0.3 is 14.4 Å². The Bertz CT molecular complexity index is 494. The van der Waals surface area contributed by atoms with Gasteiger partial charge in [0.15, 0.2) is 0 Å². The molecule has 0 spiro atoms. The number of hydrogen-bond acceptors (Lipinski definition) is 6. The summed E-state index contributed by atoms with van der Waals surface area (Å²) in [5.74, 6) is 0.741. The van der Waals surface area contributed by atoms with Gasteiger partial charge in [0.1, 0.15) is 11.9 Å². The molecule has 17 heavy (non-hydrogen) atoms. The molecule has 0 aliphatic carbocycles. The van der Waals surface area contributed by atoms with E-state index in [1.54, 1.807) is 19.4 Å². The van der Waals surface area contributed by atoms with E-state index in [4.69, 9.17) is 9.26 Å². The van der Waals surface area contributed by atoms with Gasteiger partial charge in [-0.05, 0) is 12.5 Å². The van der Waals surface area contributed by atoms with E-state index >= 15 is 0 Å².